The number of rotatable bonds is 14. The number of nitrogens with zero attached hydrogens (tertiary/aromatic N) is 4. The molecule has 2 aliphatic heterocycles. The molecule has 16 heteroatoms. The molecule has 1 saturated heterocycles. The van der Waals surface area contributed by atoms with Crippen LogP contribution in [-0.4, -0.2) is 113 Å². The van der Waals surface area contributed by atoms with Crippen LogP contribution >= 0.6 is 0 Å². The number of aliphatic hydroxyl groups excluding tert-OH is 1. The third-order valence-corrected chi connectivity index (χ3v) is 11.3. The Bertz CT molecular complexity index is 2050. The molecule has 0 saturated carbocycles. The van der Waals surface area contributed by atoms with E-state index in [4.69, 9.17) is 14.2 Å². The Kier molecular flexibility index (Phi) is 15.3. The number of hydrogen-bond donors (Lipinski definition) is 3. The van der Waals surface area contributed by atoms with Crippen LogP contribution in [0.2, 0.25) is 0 Å². The highest BCUT2D eigenvalue weighted by Crippen LogP contribution is 2.49. The lowest BCUT2D eigenvalue weighted by molar-refractivity contribution is -0.150. The van der Waals surface area contributed by atoms with Gasteiger partial charge in [-0.3, -0.25) is 24.5 Å². The molecule has 61 heavy (non-hydrogen) atoms. The first-order valence-electron chi connectivity index (χ1n) is 21.0. The topological polar surface area (TPSA) is 147 Å². The van der Waals surface area contributed by atoms with E-state index in [1.807, 2.05) is 19.1 Å². The normalized spacial score (nSPS) is 18.3. The van der Waals surface area contributed by atoms with Crippen LogP contribution in [0.5, 0.6) is 0 Å². The van der Waals surface area contributed by atoms with Gasteiger partial charge in [-0.1, -0.05) is 32.9 Å². The highest BCUT2D eigenvalue weighted by molar-refractivity contribution is 5.95. The fourth-order valence-corrected chi connectivity index (χ4v) is 8.44. The first kappa shape index (κ1) is 47.5. The summed E-state index contributed by atoms with van der Waals surface area (Å²) in [5.41, 5.74) is 6.10. The van der Waals surface area contributed by atoms with E-state index in [1.165, 1.54) is 16.7 Å². The van der Waals surface area contributed by atoms with Crippen LogP contribution in [0.1, 0.15) is 109 Å². The molecule has 0 radical (unpaired) electrons. The van der Waals surface area contributed by atoms with E-state index >= 15 is 0 Å². The lowest BCUT2D eigenvalue weighted by atomic mass is 9.72. The number of amides is 2. The molecule has 0 aliphatic carbocycles. The highest BCUT2D eigenvalue weighted by Gasteiger charge is 2.39. The van der Waals surface area contributed by atoms with Crippen LogP contribution in [0, 0.1) is 5.41 Å². The van der Waals surface area contributed by atoms with Crippen LogP contribution in [0.3, 0.4) is 0 Å². The zero-order valence-electron chi connectivity index (χ0n) is 36.9. The molecule has 2 aliphatic rings. The van der Waals surface area contributed by atoms with Gasteiger partial charge in [0.05, 0.1) is 24.6 Å². The van der Waals surface area contributed by atoms with E-state index in [0.29, 0.717) is 79.6 Å². The molecule has 1 aromatic carbocycles. The predicted molar refractivity (Wildman–Crippen MR) is 227 cm³/mol. The molecule has 1 fully saturated rings. The molecule has 13 nitrogen and oxygen atoms in total. The summed E-state index contributed by atoms with van der Waals surface area (Å²) in [5.74, 6) is -1.19. The summed E-state index contributed by atoms with van der Waals surface area (Å²) in [5, 5.41) is 14.8. The molecular weight excluding hydrogens is 794 g/mol. The molecule has 3 aromatic rings. The predicted octanol–water partition coefficient (Wildman–Crippen LogP) is 7.53. The van der Waals surface area contributed by atoms with Crippen molar-refractivity contribution >= 4 is 34.4 Å². The molecule has 0 bridgehead atoms. The quantitative estimate of drug-likeness (QED) is 0.139. The maximum Gasteiger partial charge on any atom is 0.408 e. The van der Waals surface area contributed by atoms with Gasteiger partial charge in [-0.2, -0.15) is 13.2 Å². The van der Waals surface area contributed by atoms with Gasteiger partial charge in [0.1, 0.15) is 24.2 Å². The number of halogens is 3. The third-order valence-electron chi connectivity index (χ3n) is 11.3. The van der Waals surface area contributed by atoms with Gasteiger partial charge in [-0.15, -0.1) is 0 Å². The van der Waals surface area contributed by atoms with Crippen LogP contribution in [0.25, 0.3) is 27.7 Å². The van der Waals surface area contributed by atoms with Gasteiger partial charge in [0.15, 0.2) is 0 Å². The lowest BCUT2D eigenvalue weighted by Gasteiger charge is -2.37. The Hall–Kier alpha value is -4.51. The number of carbonyl (C=O) groups is 3. The summed E-state index contributed by atoms with van der Waals surface area (Å²) in [6.45, 7) is 13.3. The second kappa shape index (κ2) is 19.7. The van der Waals surface area contributed by atoms with Crippen LogP contribution in [0.4, 0.5) is 18.0 Å². The molecule has 3 N–H and O–H groups in total. The van der Waals surface area contributed by atoms with Crippen molar-refractivity contribution in [3.8, 4) is 11.3 Å². The summed E-state index contributed by atoms with van der Waals surface area (Å²) < 4.78 is 61.5. The number of aromatic nitrogens is 2. The lowest BCUT2D eigenvalue weighted by Crippen LogP contribution is -2.62. The summed E-state index contributed by atoms with van der Waals surface area (Å²) in [6, 6.07) is 7.32. The summed E-state index contributed by atoms with van der Waals surface area (Å²) in [6.07, 6.45) is 0.515. The average Bonchev–Trinajstić information content (AvgIpc) is 3.49. The van der Waals surface area contributed by atoms with Crippen LogP contribution in [0.15, 0.2) is 42.6 Å². The smallest absolute Gasteiger partial charge is 0.408 e. The van der Waals surface area contributed by atoms with E-state index in [2.05, 4.69) is 47.5 Å². The van der Waals surface area contributed by atoms with Crippen molar-refractivity contribution in [2.75, 3.05) is 47.0 Å². The van der Waals surface area contributed by atoms with Crippen molar-refractivity contribution in [1.29, 1.82) is 0 Å². The van der Waals surface area contributed by atoms with Crippen molar-refractivity contribution in [1.82, 2.24) is 30.2 Å². The largest absolute Gasteiger partial charge is 0.468 e. The number of alkyl carbamates (subject to hydrolysis) is 1. The number of pyridine rings is 1. The Morgan fingerprint density at radius 1 is 1.07 bits per heavy atom. The van der Waals surface area contributed by atoms with Crippen molar-refractivity contribution in [2.24, 2.45) is 5.41 Å². The molecule has 4 heterocycles. The zero-order valence-corrected chi connectivity index (χ0v) is 36.9. The number of hydrogen-bond acceptors (Lipinski definition) is 10. The van der Waals surface area contributed by atoms with Crippen LogP contribution < -0.4 is 10.7 Å². The minimum atomic E-state index is -4.55. The molecule has 2 amide bonds. The van der Waals surface area contributed by atoms with Gasteiger partial charge < -0.3 is 29.2 Å². The van der Waals surface area contributed by atoms with Crippen LogP contribution in [-0.2, 0) is 30.3 Å². The monoisotopic (exact) mass is 856 g/mol. The number of ether oxygens (including phenoxy) is 3. The minimum absolute atomic E-state index is 0.0676. The SMILES string of the molecule is COC(=O)[C@@H]1CCCN(C(=O)[C@H](CN2CCC=C(c3ccc4c(c3)c(C(CCCO)C(C)(C)C)c(-c3cccnc3[C@H](C)OC)n4CC(F)(F)F)C2)NC(=O)OC(C)(C)C)N1. The number of nitrogens with one attached hydrogen (secondary N) is 2. The Labute approximate surface area is 356 Å². The number of fused-ring (bicyclic) bond motifs is 1. The van der Waals surface area contributed by atoms with E-state index in [9.17, 15) is 32.7 Å². The van der Waals surface area contributed by atoms with Gasteiger partial charge in [0.25, 0.3) is 5.91 Å². The molecule has 336 valence electrons. The molecular formula is C45H63F3N6O7. The third kappa shape index (κ3) is 11.9. The number of carbonyl (C=O) groups excluding carboxylic acids is 3. The minimum Gasteiger partial charge on any atom is -0.468 e. The first-order valence-corrected chi connectivity index (χ1v) is 21.0. The van der Waals surface area contributed by atoms with Crippen molar-refractivity contribution < 1.29 is 46.9 Å². The number of alkyl halides is 3. The fraction of sp³-hybridized carbons (Fsp3) is 0.600. The van der Waals surface area contributed by atoms with E-state index < -0.39 is 59.9 Å². The van der Waals surface area contributed by atoms with Crippen molar-refractivity contribution in [2.45, 2.75) is 123 Å². The molecule has 2 aromatic heterocycles. The van der Waals surface area contributed by atoms with Crippen molar-refractivity contribution in [3.63, 3.8) is 0 Å². The molecule has 4 atom stereocenters. The summed E-state index contributed by atoms with van der Waals surface area (Å²) >= 11 is 0. The zero-order chi connectivity index (χ0) is 44.9. The molecule has 5 rings (SSSR count). The average molecular weight is 857 g/mol. The van der Waals surface area contributed by atoms with Gasteiger partial charge >= 0.3 is 18.2 Å². The maximum absolute atomic E-state index is 14.7. The van der Waals surface area contributed by atoms with Crippen molar-refractivity contribution in [3.05, 3.63) is 59.4 Å². The van der Waals surface area contributed by atoms with Gasteiger partial charge in [0.2, 0.25) is 0 Å². The Morgan fingerprint density at radius 3 is 2.44 bits per heavy atom. The van der Waals surface area contributed by atoms with Gasteiger partial charge in [0, 0.05) is 62.6 Å². The maximum atomic E-state index is 14.7. The number of esters is 1. The Balaban J connectivity index is 1.59. The number of hydrazine groups is 1. The number of benzene rings is 1. The fourth-order valence-electron chi connectivity index (χ4n) is 8.44. The first-order chi connectivity index (χ1) is 28.6. The second-order valence-corrected chi connectivity index (χ2v) is 18.1. The molecule has 0 spiro atoms. The second-order valence-electron chi connectivity index (χ2n) is 18.1. The standard InChI is InChI=1S/C45H63F3N6O7/c1-28(59-8)38-31(15-10-20-49-38)39-37(33(16-13-23-55)43(2,3)4)32-24-29(18-19-36(32)53(39)27-45(46,47)48)30-14-11-21-52(25-30)26-35(50-42(58)61-44(5,6)7)40(56)54-22-12-17-34(51-54)41(57)60-9/h10,14-15,18-20,24,28,33-35,51,55H,11-13,16-17,21-23,25-27H2,1-9H3,(H,50,58)/t28-,33?,34-,35-/m0/s1. The van der Waals surface area contributed by atoms with E-state index in [0.717, 1.165) is 16.7 Å². The highest BCUT2D eigenvalue weighted by atomic mass is 19.4. The summed E-state index contributed by atoms with van der Waals surface area (Å²) in [7, 11) is 2.83. The summed E-state index contributed by atoms with van der Waals surface area (Å²) in [4.78, 5) is 46.3. The Morgan fingerprint density at radius 2 is 1.80 bits per heavy atom. The van der Waals surface area contributed by atoms with Gasteiger partial charge in [-0.25, -0.2) is 10.2 Å². The number of aliphatic hydroxyl groups is 1. The number of methoxy groups -OCH3 is 2. The van der Waals surface area contributed by atoms with Gasteiger partial charge in [-0.05, 0) is 112 Å². The van der Waals surface area contributed by atoms with E-state index in [-0.39, 0.29) is 19.1 Å². The van der Waals surface area contributed by atoms with E-state index in [1.54, 1.807) is 52.3 Å². The molecule has 1 unspecified atom stereocenters.